The van der Waals surface area contributed by atoms with Gasteiger partial charge in [0, 0.05) is 44.3 Å². The first kappa shape index (κ1) is 18.7. The first-order chi connectivity index (χ1) is 13.7. The van der Waals surface area contributed by atoms with Crippen LogP contribution in [-0.2, 0) is 5.41 Å². The summed E-state index contributed by atoms with van der Waals surface area (Å²) < 4.78 is 13.6. The van der Waals surface area contributed by atoms with Gasteiger partial charge in [0.15, 0.2) is 5.96 Å². The van der Waals surface area contributed by atoms with Crippen LogP contribution in [0.25, 0.3) is 0 Å². The normalized spacial score (nSPS) is 18.9. The molecular formula is C22H28FN5. The van der Waals surface area contributed by atoms with E-state index in [2.05, 4.69) is 33.1 Å². The molecular weight excluding hydrogens is 353 g/mol. The monoisotopic (exact) mass is 381 g/mol. The third kappa shape index (κ3) is 4.11. The number of nitrogens with zero attached hydrogens (tertiary/aromatic N) is 4. The van der Waals surface area contributed by atoms with Gasteiger partial charge in [-0.15, -0.1) is 0 Å². The lowest BCUT2D eigenvalue weighted by molar-refractivity contribution is 0.371. The van der Waals surface area contributed by atoms with E-state index in [0.717, 1.165) is 62.9 Å². The summed E-state index contributed by atoms with van der Waals surface area (Å²) in [5.41, 5.74) is 1.09. The number of benzene rings is 1. The number of nitrogens with one attached hydrogen (secondary N) is 1. The molecule has 5 nitrogen and oxygen atoms in total. The van der Waals surface area contributed by atoms with Gasteiger partial charge in [-0.05, 0) is 49.6 Å². The van der Waals surface area contributed by atoms with Crippen LogP contribution in [0.15, 0.2) is 53.7 Å². The summed E-state index contributed by atoms with van der Waals surface area (Å²) in [5, 5.41) is 3.44. The molecule has 1 saturated carbocycles. The molecule has 0 spiro atoms. The van der Waals surface area contributed by atoms with Crippen molar-refractivity contribution < 1.29 is 4.39 Å². The summed E-state index contributed by atoms with van der Waals surface area (Å²) >= 11 is 0. The Hall–Kier alpha value is -2.63. The van der Waals surface area contributed by atoms with Crippen molar-refractivity contribution in [2.45, 2.75) is 25.2 Å². The molecule has 0 unspecified atom stereocenters. The number of aliphatic imine (C=N–C) groups is 1. The molecule has 28 heavy (non-hydrogen) atoms. The van der Waals surface area contributed by atoms with E-state index in [1.807, 2.05) is 24.4 Å². The molecule has 1 aliphatic heterocycles. The molecule has 4 rings (SSSR count). The summed E-state index contributed by atoms with van der Waals surface area (Å²) in [7, 11) is 0. The minimum atomic E-state index is -0.162. The van der Waals surface area contributed by atoms with Crippen molar-refractivity contribution in [2.75, 3.05) is 44.2 Å². The maximum atomic E-state index is 13.6. The van der Waals surface area contributed by atoms with Crippen LogP contribution in [0, 0.1) is 5.82 Å². The lowest BCUT2D eigenvalue weighted by atomic mass is 9.96. The van der Waals surface area contributed by atoms with Gasteiger partial charge in [-0.1, -0.05) is 18.2 Å². The summed E-state index contributed by atoms with van der Waals surface area (Å²) in [6.45, 7) is 7.32. The topological polar surface area (TPSA) is 43.8 Å². The van der Waals surface area contributed by atoms with Crippen molar-refractivity contribution in [3.63, 3.8) is 0 Å². The second-order valence-electron chi connectivity index (χ2n) is 7.62. The highest BCUT2D eigenvalue weighted by molar-refractivity contribution is 5.80. The molecule has 1 N–H and O–H groups in total. The maximum Gasteiger partial charge on any atom is 0.194 e. The Bertz CT molecular complexity index is 811. The number of piperazine rings is 1. The van der Waals surface area contributed by atoms with Crippen molar-refractivity contribution in [3.8, 4) is 0 Å². The Kier molecular flexibility index (Phi) is 5.46. The standard InChI is InChI=1S/C22H28FN5/c1-2-24-21(26-17-22(9-10-22)18-6-5-7-19(23)16-18)28-14-12-27(13-15-28)20-8-3-4-11-25-20/h3-8,11,16H,2,9-10,12-15,17H2,1H3,(H,24,26). The average molecular weight is 381 g/mol. The molecule has 2 aromatic rings. The molecule has 2 fully saturated rings. The van der Waals surface area contributed by atoms with Gasteiger partial charge in [0.2, 0.25) is 0 Å². The number of hydrogen-bond acceptors (Lipinski definition) is 3. The van der Waals surface area contributed by atoms with Gasteiger partial charge in [0.05, 0.1) is 6.54 Å². The molecule has 2 aliphatic rings. The number of hydrogen-bond donors (Lipinski definition) is 1. The molecule has 0 radical (unpaired) electrons. The zero-order valence-electron chi connectivity index (χ0n) is 16.4. The predicted octanol–water partition coefficient (Wildman–Crippen LogP) is 3.04. The second kappa shape index (κ2) is 8.17. The Morgan fingerprint density at radius 1 is 1.14 bits per heavy atom. The van der Waals surface area contributed by atoms with Crippen molar-refractivity contribution in [1.82, 2.24) is 15.2 Å². The van der Waals surface area contributed by atoms with E-state index < -0.39 is 0 Å². The number of halogens is 1. The highest BCUT2D eigenvalue weighted by Gasteiger charge is 2.44. The zero-order chi connectivity index (χ0) is 19.4. The third-order valence-electron chi connectivity index (χ3n) is 5.71. The molecule has 148 valence electrons. The number of rotatable bonds is 5. The smallest absolute Gasteiger partial charge is 0.194 e. The van der Waals surface area contributed by atoms with Crippen LogP contribution in [-0.4, -0.2) is 55.1 Å². The van der Waals surface area contributed by atoms with Crippen molar-refractivity contribution in [3.05, 3.63) is 60.0 Å². The molecule has 0 amide bonds. The van der Waals surface area contributed by atoms with Crippen LogP contribution in [0.4, 0.5) is 10.2 Å². The Morgan fingerprint density at radius 3 is 2.61 bits per heavy atom. The zero-order valence-corrected chi connectivity index (χ0v) is 16.4. The SMILES string of the molecule is CCNC(=NCC1(c2cccc(F)c2)CC1)N1CCN(c2ccccn2)CC1. The fourth-order valence-electron chi connectivity index (χ4n) is 3.85. The van der Waals surface area contributed by atoms with Gasteiger partial charge in [0.1, 0.15) is 11.6 Å². The maximum absolute atomic E-state index is 13.6. The van der Waals surface area contributed by atoms with Gasteiger partial charge in [-0.25, -0.2) is 9.37 Å². The highest BCUT2D eigenvalue weighted by atomic mass is 19.1. The summed E-state index contributed by atoms with van der Waals surface area (Å²) in [6, 6.07) is 13.0. The molecule has 1 saturated heterocycles. The predicted molar refractivity (Wildman–Crippen MR) is 111 cm³/mol. The Morgan fingerprint density at radius 2 is 1.96 bits per heavy atom. The summed E-state index contributed by atoms with van der Waals surface area (Å²) in [6.07, 6.45) is 3.99. The minimum Gasteiger partial charge on any atom is -0.357 e. The van der Waals surface area contributed by atoms with Gasteiger partial charge < -0.3 is 15.1 Å². The van der Waals surface area contributed by atoms with E-state index in [0.29, 0.717) is 6.54 Å². The lowest BCUT2D eigenvalue weighted by Gasteiger charge is -2.37. The number of anilines is 1. The fraction of sp³-hybridized carbons (Fsp3) is 0.455. The molecule has 0 bridgehead atoms. The van der Waals surface area contributed by atoms with Gasteiger partial charge in [-0.3, -0.25) is 4.99 Å². The van der Waals surface area contributed by atoms with E-state index in [-0.39, 0.29) is 11.2 Å². The van der Waals surface area contributed by atoms with Crippen LogP contribution in [0.2, 0.25) is 0 Å². The van der Waals surface area contributed by atoms with Crippen molar-refractivity contribution in [1.29, 1.82) is 0 Å². The van der Waals surface area contributed by atoms with E-state index in [9.17, 15) is 4.39 Å². The molecule has 1 aliphatic carbocycles. The minimum absolute atomic E-state index is 0.0125. The molecule has 0 atom stereocenters. The van der Waals surface area contributed by atoms with E-state index in [1.165, 1.54) is 6.07 Å². The Balaban J connectivity index is 1.42. The van der Waals surface area contributed by atoms with Crippen LogP contribution < -0.4 is 10.2 Å². The third-order valence-corrected chi connectivity index (χ3v) is 5.71. The molecule has 6 heteroatoms. The molecule has 1 aromatic carbocycles. The lowest BCUT2D eigenvalue weighted by Crippen LogP contribution is -2.53. The van der Waals surface area contributed by atoms with Gasteiger partial charge >= 0.3 is 0 Å². The quantitative estimate of drug-likeness (QED) is 0.639. The van der Waals surface area contributed by atoms with Crippen LogP contribution in [0.5, 0.6) is 0 Å². The van der Waals surface area contributed by atoms with E-state index in [1.54, 1.807) is 12.1 Å². The summed E-state index contributed by atoms with van der Waals surface area (Å²) in [5.74, 6) is 1.84. The van der Waals surface area contributed by atoms with Crippen molar-refractivity contribution >= 4 is 11.8 Å². The average Bonchev–Trinajstić information content (AvgIpc) is 3.53. The number of pyridine rings is 1. The first-order valence-corrected chi connectivity index (χ1v) is 10.2. The number of aromatic nitrogens is 1. The number of guanidine groups is 1. The van der Waals surface area contributed by atoms with Gasteiger partial charge in [0.25, 0.3) is 0 Å². The molecule has 1 aromatic heterocycles. The second-order valence-corrected chi connectivity index (χ2v) is 7.62. The van der Waals surface area contributed by atoms with Crippen LogP contribution in [0.3, 0.4) is 0 Å². The van der Waals surface area contributed by atoms with Gasteiger partial charge in [-0.2, -0.15) is 0 Å². The summed E-state index contributed by atoms with van der Waals surface area (Å²) in [4.78, 5) is 14.0. The fourth-order valence-corrected chi connectivity index (χ4v) is 3.85. The largest absolute Gasteiger partial charge is 0.357 e. The Labute approximate surface area is 166 Å². The van der Waals surface area contributed by atoms with E-state index in [4.69, 9.17) is 4.99 Å². The first-order valence-electron chi connectivity index (χ1n) is 10.2. The van der Waals surface area contributed by atoms with Crippen LogP contribution in [0.1, 0.15) is 25.3 Å². The van der Waals surface area contributed by atoms with Crippen LogP contribution >= 0.6 is 0 Å². The molecule has 2 heterocycles. The van der Waals surface area contributed by atoms with Crippen molar-refractivity contribution in [2.24, 2.45) is 4.99 Å². The van der Waals surface area contributed by atoms with E-state index >= 15 is 0 Å². The highest BCUT2D eigenvalue weighted by Crippen LogP contribution is 2.48.